The number of carbonyl (C=O) groups is 2. The van der Waals surface area contributed by atoms with Crippen molar-refractivity contribution in [2.75, 3.05) is 38.2 Å². The molecule has 37 heavy (non-hydrogen) atoms. The van der Waals surface area contributed by atoms with E-state index < -0.39 is 9.84 Å². The molecule has 1 atom stereocenters. The molecule has 2 aromatic heterocycles. The van der Waals surface area contributed by atoms with Gasteiger partial charge in [-0.3, -0.25) is 9.59 Å². The molecule has 0 spiro atoms. The van der Waals surface area contributed by atoms with Gasteiger partial charge in [0.2, 0.25) is 5.91 Å². The maximum atomic E-state index is 13.4. The van der Waals surface area contributed by atoms with E-state index in [1.807, 2.05) is 36.1 Å². The molecule has 1 unspecified atom stereocenters. The van der Waals surface area contributed by atoms with Crippen molar-refractivity contribution in [2.45, 2.75) is 38.6 Å². The number of nitrogens with one attached hydrogen (secondary N) is 1. The van der Waals surface area contributed by atoms with Crippen LogP contribution >= 0.6 is 0 Å². The Balaban J connectivity index is 1.49. The molecule has 3 aromatic rings. The highest BCUT2D eigenvalue weighted by Crippen LogP contribution is 2.32. The molecule has 1 aromatic carbocycles. The van der Waals surface area contributed by atoms with E-state index in [1.165, 1.54) is 0 Å². The van der Waals surface area contributed by atoms with Gasteiger partial charge in [0.05, 0.1) is 47.0 Å². The standard InChI is InChI=1S/C26H31N5O5S/c1-17-24-21(26(33)27-10-5-12-30-11-4-8-23(30)32)15-22(18-6-3-7-20(14-18)36-2)28-25(24)31(29-17)19-9-13-37(34,35)16-19/h3,6-7,14-15,19H,4-5,8-13,16H2,1-2H3,(H,27,33). The average molecular weight is 526 g/mol. The number of ether oxygens (including phenoxy) is 1. The van der Waals surface area contributed by atoms with Crippen molar-refractivity contribution in [3.05, 3.63) is 41.6 Å². The number of carbonyl (C=O) groups excluding carboxylic acids is 2. The molecule has 11 heteroatoms. The van der Waals surface area contributed by atoms with Gasteiger partial charge in [-0.15, -0.1) is 0 Å². The number of sulfone groups is 1. The molecule has 2 aliphatic rings. The smallest absolute Gasteiger partial charge is 0.252 e. The predicted molar refractivity (Wildman–Crippen MR) is 139 cm³/mol. The van der Waals surface area contributed by atoms with Crippen LogP contribution in [0.5, 0.6) is 5.75 Å². The topological polar surface area (TPSA) is 123 Å². The van der Waals surface area contributed by atoms with Crippen molar-refractivity contribution in [1.82, 2.24) is 25.0 Å². The van der Waals surface area contributed by atoms with Crippen LogP contribution in [0.25, 0.3) is 22.3 Å². The highest BCUT2D eigenvalue weighted by molar-refractivity contribution is 7.91. The number of likely N-dealkylation sites (tertiary alicyclic amines) is 1. The van der Waals surface area contributed by atoms with Gasteiger partial charge in [-0.25, -0.2) is 18.1 Å². The first-order valence-corrected chi connectivity index (χ1v) is 14.4. The Morgan fingerprint density at radius 2 is 2.11 bits per heavy atom. The molecule has 2 amide bonds. The lowest BCUT2D eigenvalue weighted by Crippen LogP contribution is -2.30. The molecule has 0 aliphatic carbocycles. The number of fused-ring (bicyclic) bond motifs is 1. The second-order valence-electron chi connectivity index (χ2n) is 9.67. The van der Waals surface area contributed by atoms with Gasteiger partial charge in [-0.05, 0) is 44.4 Å². The van der Waals surface area contributed by atoms with E-state index in [1.54, 1.807) is 17.9 Å². The Bertz CT molecular complexity index is 1470. The summed E-state index contributed by atoms with van der Waals surface area (Å²) >= 11 is 0. The summed E-state index contributed by atoms with van der Waals surface area (Å²) in [5.41, 5.74) is 2.89. The van der Waals surface area contributed by atoms with Crippen LogP contribution in [0.3, 0.4) is 0 Å². The summed E-state index contributed by atoms with van der Waals surface area (Å²) in [6.07, 6.45) is 2.60. The summed E-state index contributed by atoms with van der Waals surface area (Å²) in [6, 6.07) is 8.84. The fraction of sp³-hybridized carbons (Fsp3) is 0.462. The molecular formula is C26H31N5O5S. The zero-order valence-electron chi connectivity index (χ0n) is 21.1. The molecule has 196 valence electrons. The molecule has 2 aliphatic heterocycles. The monoisotopic (exact) mass is 525 g/mol. The second-order valence-corrected chi connectivity index (χ2v) is 11.9. The van der Waals surface area contributed by atoms with Crippen LogP contribution in [-0.4, -0.2) is 78.1 Å². The normalized spacial score (nSPS) is 19.0. The van der Waals surface area contributed by atoms with E-state index >= 15 is 0 Å². The van der Waals surface area contributed by atoms with Crippen molar-refractivity contribution in [2.24, 2.45) is 0 Å². The van der Waals surface area contributed by atoms with Crippen molar-refractivity contribution in [3.63, 3.8) is 0 Å². The van der Waals surface area contributed by atoms with Gasteiger partial charge >= 0.3 is 0 Å². The van der Waals surface area contributed by atoms with E-state index in [0.717, 1.165) is 18.5 Å². The lowest BCUT2D eigenvalue weighted by atomic mass is 10.0. The minimum atomic E-state index is -3.14. The Morgan fingerprint density at radius 1 is 1.27 bits per heavy atom. The van der Waals surface area contributed by atoms with Crippen molar-refractivity contribution in [3.8, 4) is 17.0 Å². The van der Waals surface area contributed by atoms with E-state index in [0.29, 0.717) is 66.1 Å². The largest absolute Gasteiger partial charge is 0.497 e. The van der Waals surface area contributed by atoms with E-state index in [2.05, 4.69) is 10.4 Å². The quantitative estimate of drug-likeness (QED) is 0.448. The molecule has 0 radical (unpaired) electrons. The Kier molecular flexibility index (Phi) is 6.89. The van der Waals surface area contributed by atoms with E-state index in [4.69, 9.17) is 9.72 Å². The van der Waals surface area contributed by atoms with E-state index in [9.17, 15) is 18.0 Å². The Labute approximate surface area is 215 Å². The van der Waals surface area contributed by atoms with Crippen LogP contribution in [0.2, 0.25) is 0 Å². The van der Waals surface area contributed by atoms with Crippen LogP contribution in [0, 0.1) is 6.92 Å². The van der Waals surface area contributed by atoms with Gasteiger partial charge in [0.15, 0.2) is 15.5 Å². The van der Waals surface area contributed by atoms with Crippen molar-refractivity contribution < 1.29 is 22.7 Å². The van der Waals surface area contributed by atoms with Gasteiger partial charge in [0.1, 0.15) is 5.75 Å². The van der Waals surface area contributed by atoms with Crippen LogP contribution < -0.4 is 10.1 Å². The third-order valence-electron chi connectivity index (χ3n) is 7.06. The van der Waals surface area contributed by atoms with Crippen LogP contribution in [0.4, 0.5) is 0 Å². The highest BCUT2D eigenvalue weighted by atomic mass is 32.2. The number of rotatable bonds is 8. The van der Waals surface area contributed by atoms with Gasteiger partial charge in [-0.2, -0.15) is 5.10 Å². The number of nitrogens with zero attached hydrogens (tertiary/aromatic N) is 4. The number of hydrogen-bond acceptors (Lipinski definition) is 7. The number of hydrogen-bond donors (Lipinski definition) is 1. The number of aromatic nitrogens is 3. The fourth-order valence-corrected chi connectivity index (χ4v) is 6.84. The summed E-state index contributed by atoms with van der Waals surface area (Å²) in [7, 11) is -1.55. The average Bonchev–Trinajstić information content (AvgIpc) is 3.57. The number of pyridine rings is 1. The number of aryl methyl sites for hydroxylation is 1. The summed E-state index contributed by atoms with van der Waals surface area (Å²) in [5.74, 6) is 0.687. The number of amides is 2. The van der Waals surface area contributed by atoms with Crippen molar-refractivity contribution in [1.29, 1.82) is 0 Å². The van der Waals surface area contributed by atoms with Gasteiger partial charge in [0.25, 0.3) is 5.91 Å². The highest BCUT2D eigenvalue weighted by Gasteiger charge is 2.32. The predicted octanol–water partition coefficient (Wildman–Crippen LogP) is 2.52. The zero-order valence-corrected chi connectivity index (χ0v) is 21.9. The second kappa shape index (κ2) is 10.1. The third kappa shape index (κ3) is 5.18. The molecule has 10 nitrogen and oxygen atoms in total. The molecule has 1 N–H and O–H groups in total. The van der Waals surface area contributed by atoms with Gasteiger partial charge < -0.3 is 15.0 Å². The minimum absolute atomic E-state index is 0.00500. The number of benzene rings is 1. The molecule has 0 saturated carbocycles. The van der Waals surface area contributed by atoms with Crippen LogP contribution in [-0.2, 0) is 14.6 Å². The number of methoxy groups -OCH3 is 1. The summed E-state index contributed by atoms with van der Waals surface area (Å²) in [4.78, 5) is 32.0. The molecule has 0 bridgehead atoms. The van der Waals surface area contributed by atoms with Crippen molar-refractivity contribution >= 4 is 32.7 Å². The molecule has 2 saturated heterocycles. The molecule has 2 fully saturated rings. The minimum Gasteiger partial charge on any atom is -0.497 e. The lowest BCUT2D eigenvalue weighted by Gasteiger charge is -2.15. The lowest BCUT2D eigenvalue weighted by molar-refractivity contribution is -0.127. The molecule has 4 heterocycles. The van der Waals surface area contributed by atoms with Gasteiger partial charge in [0, 0.05) is 31.6 Å². The molecule has 5 rings (SSSR count). The van der Waals surface area contributed by atoms with Crippen LogP contribution in [0.1, 0.15) is 47.8 Å². The third-order valence-corrected chi connectivity index (χ3v) is 8.81. The summed E-state index contributed by atoms with van der Waals surface area (Å²) in [5, 5.41) is 8.25. The Morgan fingerprint density at radius 3 is 2.81 bits per heavy atom. The first kappa shape index (κ1) is 25.2. The summed E-state index contributed by atoms with van der Waals surface area (Å²) < 4.78 is 31.4. The maximum absolute atomic E-state index is 13.4. The molecular weight excluding hydrogens is 494 g/mol. The maximum Gasteiger partial charge on any atom is 0.252 e. The summed E-state index contributed by atoms with van der Waals surface area (Å²) in [6.45, 7) is 3.63. The Hall–Kier alpha value is -3.47. The fourth-order valence-electron chi connectivity index (χ4n) is 5.15. The first-order chi connectivity index (χ1) is 17.8. The van der Waals surface area contributed by atoms with Crippen LogP contribution in [0.15, 0.2) is 30.3 Å². The SMILES string of the molecule is COc1cccc(-c2cc(C(=O)NCCCN3CCCC3=O)c3c(C)nn(C4CCS(=O)(=O)C4)c3n2)c1. The zero-order chi connectivity index (χ0) is 26.2. The first-order valence-electron chi connectivity index (χ1n) is 12.6. The van der Waals surface area contributed by atoms with Gasteiger partial charge in [-0.1, -0.05) is 12.1 Å². The van der Waals surface area contributed by atoms with E-state index in [-0.39, 0.29) is 29.4 Å².